The molecule has 2 heterocycles. The van der Waals surface area contributed by atoms with Crippen molar-refractivity contribution in [1.82, 2.24) is 19.5 Å². The number of rotatable bonds is 5. The second-order valence-corrected chi connectivity index (χ2v) is 6.15. The number of primary amides is 1. The van der Waals surface area contributed by atoms with E-state index in [4.69, 9.17) is 5.73 Å². The molecule has 0 aliphatic rings. The van der Waals surface area contributed by atoms with Gasteiger partial charge in [0.15, 0.2) is 0 Å². The largest absolute Gasteiger partial charge is 0.364 e. The number of aromatic amines is 1. The third-order valence-electron chi connectivity index (χ3n) is 2.93. The van der Waals surface area contributed by atoms with Crippen LogP contribution in [0.4, 0.5) is 0 Å². The fourth-order valence-corrected chi connectivity index (χ4v) is 2.81. The third kappa shape index (κ3) is 2.73. The van der Waals surface area contributed by atoms with Crippen LogP contribution in [-0.2, 0) is 23.6 Å². The molecule has 0 bridgehead atoms. The predicted molar refractivity (Wildman–Crippen MR) is 71.3 cm³/mol. The van der Waals surface area contributed by atoms with Crippen molar-refractivity contribution in [3.63, 3.8) is 0 Å². The smallest absolute Gasteiger partial charge is 0.265 e. The minimum absolute atomic E-state index is 0.00468. The van der Waals surface area contributed by atoms with Crippen molar-refractivity contribution in [3.8, 4) is 0 Å². The van der Waals surface area contributed by atoms with Crippen LogP contribution in [0.25, 0.3) is 0 Å². The van der Waals surface area contributed by atoms with Gasteiger partial charge in [0.05, 0.1) is 6.20 Å². The van der Waals surface area contributed by atoms with Gasteiger partial charge in [0.25, 0.3) is 5.91 Å². The normalized spacial score (nSPS) is 11.7. The molecule has 8 nitrogen and oxygen atoms in total. The summed E-state index contributed by atoms with van der Waals surface area (Å²) in [6.45, 7) is 1.91. The lowest BCUT2D eigenvalue weighted by Crippen LogP contribution is -2.23. The van der Waals surface area contributed by atoms with Crippen molar-refractivity contribution in [2.75, 3.05) is 0 Å². The zero-order chi connectivity index (χ0) is 14.9. The average molecular weight is 297 g/mol. The monoisotopic (exact) mass is 297 g/mol. The molecule has 2 rings (SSSR count). The molecule has 2 aromatic heterocycles. The number of hydrogen-bond donors (Lipinski definition) is 3. The Hall–Kier alpha value is -2.13. The SMILES string of the molecule is Cc1[nH]ncc1CNS(=O)(=O)c1cc(C(N)=O)n(C)c1. The van der Waals surface area contributed by atoms with Gasteiger partial charge in [-0.3, -0.25) is 9.89 Å². The molecule has 0 aliphatic carbocycles. The number of nitrogens with zero attached hydrogens (tertiary/aromatic N) is 2. The number of carbonyl (C=O) groups excluding carboxylic acids is 1. The van der Waals surface area contributed by atoms with Gasteiger partial charge in [-0.15, -0.1) is 0 Å². The molecule has 0 unspecified atom stereocenters. The molecule has 20 heavy (non-hydrogen) atoms. The number of aromatic nitrogens is 3. The number of aryl methyl sites for hydroxylation is 2. The predicted octanol–water partition coefficient (Wildman–Crippen LogP) is -0.366. The zero-order valence-corrected chi connectivity index (χ0v) is 11.9. The van der Waals surface area contributed by atoms with Crippen LogP contribution < -0.4 is 10.5 Å². The summed E-state index contributed by atoms with van der Waals surface area (Å²) >= 11 is 0. The van der Waals surface area contributed by atoms with E-state index in [0.29, 0.717) is 0 Å². The van der Waals surface area contributed by atoms with Crippen LogP contribution in [0.3, 0.4) is 0 Å². The summed E-state index contributed by atoms with van der Waals surface area (Å²) in [6, 6.07) is 1.24. The van der Waals surface area contributed by atoms with E-state index < -0.39 is 15.9 Å². The Morgan fingerprint density at radius 2 is 2.25 bits per heavy atom. The number of H-pyrrole nitrogens is 1. The highest BCUT2D eigenvalue weighted by atomic mass is 32.2. The number of nitrogens with two attached hydrogens (primary N) is 1. The highest BCUT2D eigenvalue weighted by Gasteiger charge is 2.19. The molecule has 0 fully saturated rings. The van der Waals surface area contributed by atoms with E-state index in [0.717, 1.165) is 11.3 Å². The number of nitrogens with one attached hydrogen (secondary N) is 2. The van der Waals surface area contributed by atoms with Gasteiger partial charge in [-0.2, -0.15) is 5.10 Å². The van der Waals surface area contributed by atoms with Crippen LogP contribution in [0.2, 0.25) is 0 Å². The minimum Gasteiger partial charge on any atom is -0.364 e. The van der Waals surface area contributed by atoms with Gasteiger partial charge in [-0.05, 0) is 13.0 Å². The second kappa shape index (κ2) is 5.10. The lowest BCUT2D eigenvalue weighted by Gasteiger charge is -2.03. The van der Waals surface area contributed by atoms with E-state index in [1.165, 1.54) is 16.8 Å². The van der Waals surface area contributed by atoms with Gasteiger partial charge in [0.1, 0.15) is 10.6 Å². The molecule has 9 heteroatoms. The Balaban J connectivity index is 2.20. The maximum Gasteiger partial charge on any atom is 0.265 e. The van der Waals surface area contributed by atoms with Crippen molar-refractivity contribution in [1.29, 1.82) is 0 Å². The molecule has 0 spiro atoms. The van der Waals surface area contributed by atoms with E-state index >= 15 is 0 Å². The number of hydrogen-bond acceptors (Lipinski definition) is 4. The first kappa shape index (κ1) is 14.3. The minimum atomic E-state index is -3.71. The van der Waals surface area contributed by atoms with Crippen molar-refractivity contribution in [2.24, 2.45) is 12.8 Å². The van der Waals surface area contributed by atoms with Crippen molar-refractivity contribution >= 4 is 15.9 Å². The quantitative estimate of drug-likeness (QED) is 0.697. The first-order chi connectivity index (χ1) is 9.31. The maximum absolute atomic E-state index is 12.1. The van der Waals surface area contributed by atoms with Crippen LogP contribution in [0.15, 0.2) is 23.4 Å². The molecule has 2 aromatic rings. The summed E-state index contributed by atoms with van der Waals surface area (Å²) in [6.07, 6.45) is 2.89. The number of amides is 1. The van der Waals surface area contributed by atoms with Gasteiger partial charge in [-0.1, -0.05) is 0 Å². The van der Waals surface area contributed by atoms with Gasteiger partial charge in [-0.25, -0.2) is 13.1 Å². The Bertz CT molecular complexity index is 744. The molecular formula is C11H15N5O3S. The highest BCUT2D eigenvalue weighted by molar-refractivity contribution is 7.89. The van der Waals surface area contributed by atoms with Crippen molar-refractivity contribution < 1.29 is 13.2 Å². The number of carbonyl (C=O) groups is 1. The Labute approximate surface area is 116 Å². The fraction of sp³-hybridized carbons (Fsp3) is 0.273. The molecule has 4 N–H and O–H groups in total. The summed E-state index contributed by atoms with van der Waals surface area (Å²) in [5, 5.41) is 6.53. The van der Waals surface area contributed by atoms with Crippen molar-refractivity contribution in [3.05, 3.63) is 35.4 Å². The van der Waals surface area contributed by atoms with Gasteiger partial charge >= 0.3 is 0 Å². The van der Waals surface area contributed by atoms with E-state index in [1.807, 2.05) is 0 Å². The van der Waals surface area contributed by atoms with E-state index in [-0.39, 0.29) is 17.1 Å². The summed E-state index contributed by atoms with van der Waals surface area (Å²) in [4.78, 5) is 11.1. The number of sulfonamides is 1. The highest BCUT2D eigenvalue weighted by Crippen LogP contribution is 2.14. The summed E-state index contributed by atoms with van der Waals surface area (Å²) in [7, 11) is -2.15. The first-order valence-corrected chi connectivity index (χ1v) is 7.24. The average Bonchev–Trinajstić information content (AvgIpc) is 2.93. The van der Waals surface area contributed by atoms with Crippen LogP contribution in [0.1, 0.15) is 21.7 Å². The maximum atomic E-state index is 12.1. The van der Waals surface area contributed by atoms with Crippen LogP contribution in [-0.4, -0.2) is 29.1 Å². The second-order valence-electron chi connectivity index (χ2n) is 4.38. The lowest BCUT2D eigenvalue weighted by atomic mass is 10.3. The standard InChI is InChI=1S/C11H15N5O3S/c1-7-8(4-13-15-7)5-14-20(18,19)9-3-10(11(12)17)16(2)6-9/h3-4,6,14H,5H2,1-2H3,(H2,12,17)(H,13,15). The van der Waals surface area contributed by atoms with E-state index in [9.17, 15) is 13.2 Å². The topological polar surface area (TPSA) is 123 Å². The molecule has 0 aromatic carbocycles. The Morgan fingerprint density at radius 1 is 1.55 bits per heavy atom. The van der Waals surface area contributed by atoms with Crippen LogP contribution in [0, 0.1) is 6.92 Å². The van der Waals surface area contributed by atoms with Crippen molar-refractivity contribution in [2.45, 2.75) is 18.4 Å². The van der Waals surface area contributed by atoms with Crippen LogP contribution >= 0.6 is 0 Å². The molecular weight excluding hydrogens is 282 g/mol. The molecule has 108 valence electrons. The van der Waals surface area contributed by atoms with Gasteiger partial charge < -0.3 is 10.3 Å². The van der Waals surface area contributed by atoms with Gasteiger partial charge in [0, 0.05) is 31.0 Å². The third-order valence-corrected chi connectivity index (χ3v) is 4.30. The molecule has 0 aliphatic heterocycles. The van der Waals surface area contributed by atoms with E-state index in [1.54, 1.807) is 20.2 Å². The summed E-state index contributed by atoms with van der Waals surface area (Å²) in [5.74, 6) is -0.681. The Kier molecular flexibility index (Phi) is 3.64. The fourth-order valence-electron chi connectivity index (χ4n) is 1.74. The zero-order valence-electron chi connectivity index (χ0n) is 11.0. The first-order valence-electron chi connectivity index (χ1n) is 5.76. The summed E-state index contributed by atoms with van der Waals surface area (Å²) < 4.78 is 28.1. The molecule has 1 amide bonds. The molecule has 0 saturated carbocycles. The van der Waals surface area contributed by atoms with Crippen LogP contribution in [0.5, 0.6) is 0 Å². The summed E-state index contributed by atoms with van der Waals surface area (Å²) in [5.41, 5.74) is 6.82. The van der Waals surface area contributed by atoms with Gasteiger partial charge in [0.2, 0.25) is 10.0 Å². The molecule has 0 saturated heterocycles. The Morgan fingerprint density at radius 3 is 2.75 bits per heavy atom. The molecule has 0 atom stereocenters. The molecule has 0 radical (unpaired) electrons. The van der Waals surface area contributed by atoms with E-state index in [2.05, 4.69) is 14.9 Å². The lowest BCUT2D eigenvalue weighted by molar-refractivity contribution is 0.0992.